The summed E-state index contributed by atoms with van der Waals surface area (Å²) in [4.78, 5) is 0. The Bertz CT molecular complexity index is 989. The Morgan fingerprint density at radius 3 is 1.61 bits per heavy atom. The van der Waals surface area contributed by atoms with E-state index in [1.807, 2.05) is 7.05 Å². The summed E-state index contributed by atoms with van der Waals surface area (Å²) in [5.41, 5.74) is 6.34. The second-order valence-corrected chi connectivity index (χ2v) is 12.7. The third-order valence-electron chi connectivity index (χ3n) is 6.16. The average Bonchev–Trinajstić information content (AvgIpc) is 3.09. The van der Waals surface area contributed by atoms with E-state index in [0.29, 0.717) is 5.69 Å². The first-order valence-electron chi connectivity index (χ1n) is 11.4. The van der Waals surface area contributed by atoms with Crippen molar-refractivity contribution in [3.63, 3.8) is 0 Å². The maximum absolute atomic E-state index is 9.77. The summed E-state index contributed by atoms with van der Waals surface area (Å²) >= 11 is 0. The van der Waals surface area contributed by atoms with Crippen molar-refractivity contribution in [3.8, 4) is 6.07 Å². The van der Waals surface area contributed by atoms with E-state index >= 15 is 0 Å². The summed E-state index contributed by atoms with van der Waals surface area (Å²) in [6.45, 7) is 24.6. The van der Waals surface area contributed by atoms with E-state index in [0.717, 1.165) is 24.1 Å². The van der Waals surface area contributed by atoms with Crippen molar-refractivity contribution in [1.82, 2.24) is 19.6 Å². The van der Waals surface area contributed by atoms with Gasteiger partial charge in [-0.3, -0.25) is 9.36 Å². The van der Waals surface area contributed by atoms with Crippen LogP contribution < -0.4 is 0 Å². The van der Waals surface area contributed by atoms with E-state index in [1.54, 1.807) is 4.68 Å². The van der Waals surface area contributed by atoms with Gasteiger partial charge in [-0.05, 0) is 23.7 Å². The minimum atomic E-state index is -0.170. The first-order valence-corrected chi connectivity index (χ1v) is 11.4. The zero-order valence-corrected chi connectivity index (χ0v) is 22.2. The second-order valence-electron chi connectivity index (χ2n) is 12.7. The fourth-order valence-corrected chi connectivity index (χ4v) is 4.54. The molecule has 5 heteroatoms. The Morgan fingerprint density at radius 1 is 0.710 bits per heavy atom. The Hall–Kier alpha value is -2.09. The monoisotopic (exact) mass is 425 g/mol. The molecular weight excluding hydrogens is 382 g/mol. The molecule has 0 saturated heterocycles. The summed E-state index contributed by atoms with van der Waals surface area (Å²) in [5.74, 6) is 0. The molecule has 0 aliphatic rings. The predicted octanol–water partition coefficient (Wildman–Crippen LogP) is 5.83. The van der Waals surface area contributed by atoms with Crippen molar-refractivity contribution in [2.45, 2.75) is 111 Å². The van der Waals surface area contributed by atoms with Gasteiger partial charge in [0.05, 0.1) is 11.4 Å². The van der Waals surface area contributed by atoms with Gasteiger partial charge in [-0.25, -0.2) is 0 Å². The number of nitrogens with zero attached hydrogens (tertiary/aromatic N) is 5. The average molecular weight is 426 g/mol. The van der Waals surface area contributed by atoms with E-state index in [-0.39, 0.29) is 21.7 Å². The van der Waals surface area contributed by atoms with Gasteiger partial charge < -0.3 is 0 Å². The van der Waals surface area contributed by atoms with Crippen LogP contribution in [0, 0.1) is 11.3 Å². The molecule has 0 spiro atoms. The maximum atomic E-state index is 9.77. The van der Waals surface area contributed by atoms with E-state index < -0.39 is 0 Å². The van der Waals surface area contributed by atoms with Crippen molar-refractivity contribution in [1.29, 1.82) is 5.26 Å². The molecule has 172 valence electrons. The standard InChI is InChI=1S/C26H43N5/c1-23(2,3)19-17(30(12)28-21(19)25(7,8)9)14-15-26(10,11)22-20(24(4,5)6)18(16-27)31(13)29-22/h14-15H2,1-13H3. The molecule has 2 aromatic heterocycles. The summed E-state index contributed by atoms with van der Waals surface area (Å²) in [6.07, 6.45) is 1.85. The lowest BCUT2D eigenvalue weighted by molar-refractivity contribution is 0.435. The third kappa shape index (κ3) is 4.89. The molecule has 0 aliphatic carbocycles. The van der Waals surface area contributed by atoms with Crippen LogP contribution in [0.15, 0.2) is 0 Å². The number of hydrogen-bond acceptors (Lipinski definition) is 3. The quantitative estimate of drug-likeness (QED) is 0.619. The number of aromatic nitrogens is 4. The summed E-state index contributed by atoms with van der Waals surface area (Å²) in [7, 11) is 3.95. The van der Waals surface area contributed by atoms with Gasteiger partial charge in [-0.15, -0.1) is 0 Å². The first-order chi connectivity index (χ1) is 13.8. The predicted molar refractivity (Wildman–Crippen MR) is 129 cm³/mol. The van der Waals surface area contributed by atoms with Crippen molar-refractivity contribution in [2.24, 2.45) is 14.1 Å². The normalized spacial score (nSPS) is 13.5. The molecule has 2 rings (SSSR count). The highest BCUT2D eigenvalue weighted by atomic mass is 15.3. The molecule has 0 atom stereocenters. The smallest absolute Gasteiger partial charge is 0.142 e. The fraction of sp³-hybridized carbons (Fsp3) is 0.731. The summed E-state index contributed by atoms with van der Waals surface area (Å²) in [6, 6.07) is 2.38. The zero-order chi connectivity index (χ0) is 24.2. The zero-order valence-electron chi connectivity index (χ0n) is 22.2. The van der Waals surface area contributed by atoms with Gasteiger partial charge in [0.15, 0.2) is 0 Å². The van der Waals surface area contributed by atoms with Gasteiger partial charge in [0.25, 0.3) is 0 Å². The highest BCUT2D eigenvalue weighted by molar-refractivity contribution is 5.44. The van der Waals surface area contributed by atoms with E-state index in [2.05, 4.69) is 94.0 Å². The molecule has 0 aliphatic heterocycles. The third-order valence-corrected chi connectivity index (χ3v) is 6.16. The highest BCUT2D eigenvalue weighted by Gasteiger charge is 2.37. The van der Waals surface area contributed by atoms with Gasteiger partial charge in [0.2, 0.25) is 0 Å². The Labute approximate surface area is 189 Å². The van der Waals surface area contributed by atoms with Crippen molar-refractivity contribution in [2.75, 3.05) is 0 Å². The van der Waals surface area contributed by atoms with Gasteiger partial charge in [-0.2, -0.15) is 15.5 Å². The van der Waals surface area contributed by atoms with Crippen LogP contribution in [0.5, 0.6) is 0 Å². The molecule has 2 heterocycles. The van der Waals surface area contributed by atoms with Crippen LogP contribution >= 0.6 is 0 Å². The van der Waals surface area contributed by atoms with Crippen LogP contribution in [0.1, 0.15) is 116 Å². The van der Waals surface area contributed by atoms with Crippen LogP contribution in [0.3, 0.4) is 0 Å². The lowest BCUT2D eigenvalue weighted by Gasteiger charge is -2.30. The number of nitriles is 1. The van der Waals surface area contributed by atoms with Crippen LogP contribution in [-0.4, -0.2) is 19.6 Å². The van der Waals surface area contributed by atoms with Crippen LogP contribution in [-0.2, 0) is 42.2 Å². The maximum Gasteiger partial charge on any atom is 0.142 e. The fourth-order valence-electron chi connectivity index (χ4n) is 4.54. The molecule has 31 heavy (non-hydrogen) atoms. The minimum absolute atomic E-state index is 0.00374. The molecule has 0 amide bonds. The largest absolute Gasteiger partial charge is 0.272 e. The number of hydrogen-bond donors (Lipinski definition) is 0. The Kier molecular flexibility index (Phi) is 6.33. The van der Waals surface area contributed by atoms with E-state index in [9.17, 15) is 5.26 Å². The molecule has 0 fully saturated rings. The summed E-state index contributed by atoms with van der Waals surface area (Å²) < 4.78 is 3.83. The van der Waals surface area contributed by atoms with Gasteiger partial charge in [-0.1, -0.05) is 76.2 Å². The summed E-state index contributed by atoms with van der Waals surface area (Å²) in [5, 5.41) is 19.6. The Morgan fingerprint density at radius 2 is 1.19 bits per heavy atom. The molecule has 0 N–H and O–H groups in total. The SMILES string of the molecule is Cn1nc(C(C)(C)CCc2c(C(C)(C)C)c(C(C)(C)C)nn2C)c(C(C)(C)C)c1C#N. The van der Waals surface area contributed by atoms with Crippen molar-refractivity contribution in [3.05, 3.63) is 33.9 Å². The van der Waals surface area contributed by atoms with Crippen LogP contribution in [0.4, 0.5) is 0 Å². The lowest BCUT2D eigenvalue weighted by atomic mass is 9.74. The topological polar surface area (TPSA) is 59.4 Å². The molecule has 2 aromatic rings. The molecule has 0 unspecified atom stereocenters. The van der Waals surface area contributed by atoms with E-state index in [4.69, 9.17) is 10.2 Å². The number of rotatable bonds is 4. The first kappa shape index (κ1) is 25.2. The van der Waals surface area contributed by atoms with Crippen molar-refractivity contribution >= 4 is 0 Å². The molecular formula is C26H43N5. The Balaban J connectivity index is 2.54. The number of aryl methyl sites for hydroxylation is 2. The molecule has 0 bridgehead atoms. The van der Waals surface area contributed by atoms with E-state index in [1.165, 1.54) is 17.0 Å². The van der Waals surface area contributed by atoms with Gasteiger partial charge in [0.1, 0.15) is 11.8 Å². The molecule has 0 saturated carbocycles. The minimum Gasteiger partial charge on any atom is -0.272 e. The molecule has 5 nitrogen and oxygen atoms in total. The van der Waals surface area contributed by atoms with Gasteiger partial charge >= 0.3 is 0 Å². The van der Waals surface area contributed by atoms with Crippen LogP contribution in [0.2, 0.25) is 0 Å². The molecule has 0 aromatic carbocycles. The second kappa shape index (κ2) is 7.80. The van der Waals surface area contributed by atoms with Crippen LogP contribution in [0.25, 0.3) is 0 Å². The van der Waals surface area contributed by atoms with Crippen molar-refractivity contribution < 1.29 is 0 Å². The van der Waals surface area contributed by atoms with Gasteiger partial charge in [0, 0.05) is 41.7 Å². The lowest BCUT2D eigenvalue weighted by Crippen LogP contribution is -2.26. The molecule has 0 radical (unpaired) electrons. The highest BCUT2D eigenvalue weighted by Crippen LogP contribution is 2.40.